The van der Waals surface area contributed by atoms with Crippen molar-refractivity contribution in [2.45, 2.75) is 12.5 Å². The third-order valence-corrected chi connectivity index (χ3v) is 9.26. The molecule has 4 heterocycles. The highest BCUT2D eigenvalue weighted by atomic mass is 32.2. The summed E-state index contributed by atoms with van der Waals surface area (Å²) >= 11 is 1.92. The van der Waals surface area contributed by atoms with Crippen LogP contribution in [0, 0.1) is 5.82 Å². The van der Waals surface area contributed by atoms with E-state index < -0.39 is 0 Å². The molecule has 45 heavy (non-hydrogen) atoms. The van der Waals surface area contributed by atoms with Crippen LogP contribution < -0.4 is 30.2 Å². The second-order valence-corrected chi connectivity index (χ2v) is 12.5. The normalized spacial score (nSPS) is 19.0. The fourth-order valence-corrected chi connectivity index (χ4v) is 6.80. The number of carbonyl (C=O) groups excluding carboxylic acids is 1. The summed E-state index contributed by atoms with van der Waals surface area (Å²) in [5, 5.41) is 8.03. The Morgan fingerprint density at radius 2 is 1.84 bits per heavy atom. The number of methoxy groups -OCH3 is 1. The fraction of sp³-hybridized carbons (Fsp3) is 0.406. The molecule has 1 amide bonds. The maximum atomic E-state index is 14.9. The highest BCUT2D eigenvalue weighted by molar-refractivity contribution is 7.99. The number of likely N-dealkylation sites (N-methyl/N-ethyl adjacent to an activating group) is 1. The average molecular weight is 635 g/mol. The predicted octanol–water partition coefficient (Wildman–Crippen LogP) is 4.68. The van der Waals surface area contributed by atoms with Crippen LogP contribution in [0.4, 0.5) is 38.8 Å². The summed E-state index contributed by atoms with van der Waals surface area (Å²) in [6, 6.07) is 10.6. The molecule has 3 aromatic rings. The largest absolute Gasteiger partial charge is 0.494 e. The monoisotopic (exact) mass is 634 g/mol. The van der Waals surface area contributed by atoms with E-state index in [0.29, 0.717) is 41.8 Å². The van der Waals surface area contributed by atoms with Crippen molar-refractivity contribution in [3.05, 3.63) is 66.8 Å². The van der Waals surface area contributed by atoms with Gasteiger partial charge in [-0.2, -0.15) is 11.8 Å². The standard InChI is InChI=1S/C32H39FN8O3S/c1-4-32(42)37-25-18-26(29(43-3)19-28(25)40-8-6-38(2)7-9-40)36-30-20-31(35-21-34-30)41-27(5-12-44-41)22-15-23(33)17-24(16-22)39-10-13-45-14-11-39/h4,15-21,27H,1,5-14H2,2-3H3,(H,37,42)(H,34,35,36). The van der Waals surface area contributed by atoms with Crippen molar-refractivity contribution < 1.29 is 18.8 Å². The maximum Gasteiger partial charge on any atom is 0.247 e. The molecule has 6 rings (SSSR count). The molecule has 1 unspecified atom stereocenters. The highest BCUT2D eigenvalue weighted by Crippen LogP contribution is 2.40. The molecule has 0 bridgehead atoms. The number of hydroxylamine groups is 1. The Hall–Kier alpha value is -4.07. The van der Waals surface area contributed by atoms with Crippen molar-refractivity contribution in [1.29, 1.82) is 0 Å². The minimum Gasteiger partial charge on any atom is -0.494 e. The summed E-state index contributed by atoms with van der Waals surface area (Å²) in [5.41, 5.74) is 3.87. The fourth-order valence-electron chi connectivity index (χ4n) is 5.89. The Morgan fingerprint density at radius 3 is 2.60 bits per heavy atom. The molecule has 0 spiro atoms. The number of hydrogen-bond donors (Lipinski definition) is 2. The lowest BCUT2D eigenvalue weighted by molar-refractivity contribution is -0.111. The third-order valence-electron chi connectivity index (χ3n) is 8.32. The van der Waals surface area contributed by atoms with Crippen LogP contribution in [0.1, 0.15) is 18.0 Å². The first-order chi connectivity index (χ1) is 21.9. The first-order valence-electron chi connectivity index (χ1n) is 15.1. The Bertz CT molecular complexity index is 1530. The summed E-state index contributed by atoms with van der Waals surface area (Å²) in [4.78, 5) is 34.1. The number of ether oxygens (including phenoxy) is 1. The van der Waals surface area contributed by atoms with Crippen molar-refractivity contribution in [3.8, 4) is 5.75 Å². The molecule has 1 atom stereocenters. The van der Waals surface area contributed by atoms with Gasteiger partial charge in [-0.25, -0.2) is 19.4 Å². The number of amides is 1. The van der Waals surface area contributed by atoms with E-state index in [4.69, 9.17) is 9.57 Å². The van der Waals surface area contributed by atoms with E-state index in [9.17, 15) is 9.18 Å². The average Bonchev–Trinajstić information content (AvgIpc) is 3.56. The Morgan fingerprint density at radius 1 is 1.04 bits per heavy atom. The second-order valence-electron chi connectivity index (χ2n) is 11.2. The predicted molar refractivity (Wildman–Crippen MR) is 179 cm³/mol. The molecule has 1 aromatic heterocycles. The molecule has 238 valence electrons. The van der Waals surface area contributed by atoms with E-state index in [-0.39, 0.29) is 17.8 Å². The molecule has 3 fully saturated rings. The number of anilines is 6. The third kappa shape index (κ3) is 7.10. The molecule has 3 aliphatic rings. The number of aromatic nitrogens is 2. The van der Waals surface area contributed by atoms with Gasteiger partial charge in [0.05, 0.1) is 36.8 Å². The lowest BCUT2D eigenvalue weighted by atomic mass is 10.0. The van der Waals surface area contributed by atoms with E-state index in [2.05, 4.69) is 55.0 Å². The molecule has 0 aliphatic carbocycles. The molecule has 3 saturated heterocycles. The van der Waals surface area contributed by atoms with Gasteiger partial charge >= 0.3 is 0 Å². The number of thioether (sulfide) groups is 1. The quantitative estimate of drug-likeness (QED) is 0.321. The molecular formula is C32H39FN8O3S. The zero-order chi connectivity index (χ0) is 31.3. The molecule has 0 saturated carbocycles. The summed E-state index contributed by atoms with van der Waals surface area (Å²) in [5.74, 6) is 3.15. The summed E-state index contributed by atoms with van der Waals surface area (Å²) in [7, 11) is 3.71. The summed E-state index contributed by atoms with van der Waals surface area (Å²) < 4.78 is 20.6. The lowest BCUT2D eigenvalue weighted by Gasteiger charge is -2.35. The Kier molecular flexibility index (Phi) is 9.57. The van der Waals surface area contributed by atoms with Crippen molar-refractivity contribution in [3.63, 3.8) is 0 Å². The second kappa shape index (κ2) is 13.9. The molecule has 2 N–H and O–H groups in total. The van der Waals surface area contributed by atoms with Gasteiger partial charge in [0.15, 0.2) is 5.82 Å². The lowest BCUT2D eigenvalue weighted by Crippen LogP contribution is -2.44. The van der Waals surface area contributed by atoms with Crippen LogP contribution in [0.2, 0.25) is 0 Å². The Labute approximate surface area is 267 Å². The van der Waals surface area contributed by atoms with Gasteiger partial charge in [0.1, 0.15) is 23.7 Å². The molecule has 11 nitrogen and oxygen atoms in total. The Balaban J connectivity index is 1.27. The highest BCUT2D eigenvalue weighted by Gasteiger charge is 2.31. The van der Waals surface area contributed by atoms with Crippen LogP contribution in [0.3, 0.4) is 0 Å². The molecule has 2 aromatic carbocycles. The van der Waals surface area contributed by atoms with Gasteiger partial charge in [-0.3, -0.25) is 9.63 Å². The minimum absolute atomic E-state index is 0.209. The number of piperazine rings is 1. The van der Waals surface area contributed by atoms with Crippen LogP contribution in [0.5, 0.6) is 5.75 Å². The molecule has 0 radical (unpaired) electrons. The van der Waals surface area contributed by atoms with E-state index in [1.54, 1.807) is 30.4 Å². The first kappa shape index (κ1) is 30.9. The van der Waals surface area contributed by atoms with Gasteiger partial charge in [0.2, 0.25) is 5.91 Å². The van der Waals surface area contributed by atoms with Gasteiger partial charge < -0.3 is 30.1 Å². The smallest absolute Gasteiger partial charge is 0.247 e. The van der Waals surface area contributed by atoms with Gasteiger partial charge in [-0.1, -0.05) is 6.58 Å². The number of rotatable bonds is 9. The number of carbonyl (C=O) groups is 1. The van der Waals surface area contributed by atoms with Gasteiger partial charge in [0.25, 0.3) is 0 Å². The van der Waals surface area contributed by atoms with E-state index >= 15 is 0 Å². The van der Waals surface area contributed by atoms with Gasteiger partial charge in [0, 0.05) is 75.0 Å². The number of benzene rings is 2. The van der Waals surface area contributed by atoms with Gasteiger partial charge in [-0.15, -0.1) is 0 Å². The molecule has 13 heteroatoms. The van der Waals surface area contributed by atoms with Crippen molar-refractivity contribution in [2.24, 2.45) is 0 Å². The van der Waals surface area contributed by atoms with E-state index in [0.717, 1.165) is 67.7 Å². The number of halogens is 1. The van der Waals surface area contributed by atoms with Crippen LogP contribution in [0.15, 0.2) is 55.4 Å². The van der Waals surface area contributed by atoms with E-state index in [1.807, 2.05) is 23.9 Å². The van der Waals surface area contributed by atoms with Gasteiger partial charge in [-0.05, 0) is 43.0 Å². The topological polar surface area (TPSA) is 98.3 Å². The number of nitrogens with zero attached hydrogens (tertiary/aromatic N) is 6. The first-order valence-corrected chi connectivity index (χ1v) is 16.3. The SMILES string of the molecule is C=CC(=O)Nc1cc(Nc2cc(N3OCCC3c3cc(F)cc(N4CCSCC4)c3)ncn2)c(OC)cc1N1CCN(C)CC1. The zero-order valence-electron chi connectivity index (χ0n) is 25.7. The van der Waals surface area contributed by atoms with Crippen molar-refractivity contribution in [2.75, 3.05) is 97.0 Å². The van der Waals surface area contributed by atoms with Crippen LogP contribution in [-0.2, 0) is 9.63 Å². The molecule has 3 aliphatic heterocycles. The maximum absolute atomic E-state index is 14.9. The zero-order valence-corrected chi connectivity index (χ0v) is 26.5. The number of hydrogen-bond acceptors (Lipinski definition) is 11. The van der Waals surface area contributed by atoms with Crippen LogP contribution >= 0.6 is 11.8 Å². The van der Waals surface area contributed by atoms with Crippen molar-refractivity contribution in [1.82, 2.24) is 14.9 Å². The van der Waals surface area contributed by atoms with Crippen molar-refractivity contribution >= 4 is 52.1 Å². The number of nitrogens with one attached hydrogen (secondary N) is 2. The van der Waals surface area contributed by atoms with Crippen LogP contribution in [0.25, 0.3) is 0 Å². The van der Waals surface area contributed by atoms with E-state index in [1.165, 1.54) is 12.4 Å². The molecular weight excluding hydrogens is 595 g/mol. The summed E-state index contributed by atoms with van der Waals surface area (Å²) in [6.45, 7) is 9.36. The summed E-state index contributed by atoms with van der Waals surface area (Å²) in [6.07, 6.45) is 3.41. The van der Waals surface area contributed by atoms with Crippen LogP contribution in [-0.4, -0.2) is 92.3 Å². The minimum atomic E-state index is -0.303.